The standard InChI is InChI=1S/C15H20N2O2/c1-2-17(9-6-10-18)11-14-12-19-15(16-14)13-7-4-3-5-8-13/h3-5,7-8,12,18H,2,6,9-11H2,1H3. The third-order valence-electron chi connectivity index (χ3n) is 3.04. The maximum absolute atomic E-state index is 8.87. The number of hydrogen-bond donors (Lipinski definition) is 1. The molecule has 0 aliphatic carbocycles. The highest BCUT2D eigenvalue weighted by Crippen LogP contribution is 2.18. The smallest absolute Gasteiger partial charge is 0.226 e. The van der Waals surface area contributed by atoms with Crippen molar-refractivity contribution in [3.05, 3.63) is 42.3 Å². The van der Waals surface area contributed by atoms with Crippen molar-refractivity contribution in [2.75, 3.05) is 19.7 Å². The predicted molar refractivity (Wildman–Crippen MR) is 74.6 cm³/mol. The molecule has 4 nitrogen and oxygen atoms in total. The second-order valence-electron chi connectivity index (χ2n) is 4.46. The second-order valence-corrected chi connectivity index (χ2v) is 4.46. The summed E-state index contributed by atoms with van der Waals surface area (Å²) < 4.78 is 5.51. The number of aromatic nitrogens is 1. The Morgan fingerprint density at radius 3 is 2.74 bits per heavy atom. The van der Waals surface area contributed by atoms with Gasteiger partial charge in [0.05, 0.1) is 5.69 Å². The van der Waals surface area contributed by atoms with Crippen LogP contribution < -0.4 is 0 Å². The van der Waals surface area contributed by atoms with Crippen molar-refractivity contribution in [2.45, 2.75) is 19.9 Å². The Bertz CT molecular complexity index is 482. The van der Waals surface area contributed by atoms with Gasteiger partial charge in [0, 0.05) is 25.3 Å². The van der Waals surface area contributed by atoms with Crippen LogP contribution >= 0.6 is 0 Å². The predicted octanol–water partition coefficient (Wildman–Crippen LogP) is 2.55. The number of oxazole rings is 1. The quantitative estimate of drug-likeness (QED) is 0.831. The lowest BCUT2D eigenvalue weighted by Gasteiger charge is -2.17. The SMILES string of the molecule is CCN(CCCO)Cc1coc(-c2ccccc2)n1. The number of rotatable bonds is 7. The number of benzene rings is 1. The van der Waals surface area contributed by atoms with E-state index in [4.69, 9.17) is 9.52 Å². The maximum atomic E-state index is 8.87. The molecule has 0 spiro atoms. The van der Waals surface area contributed by atoms with Crippen LogP contribution in [-0.4, -0.2) is 34.7 Å². The third-order valence-corrected chi connectivity index (χ3v) is 3.04. The molecule has 0 saturated heterocycles. The van der Waals surface area contributed by atoms with Crippen molar-refractivity contribution >= 4 is 0 Å². The van der Waals surface area contributed by atoms with Gasteiger partial charge in [-0.15, -0.1) is 0 Å². The molecule has 102 valence electrons. The lowest BCUT2D eigenvalue weighted by molar-refractivity contribution is 0.224. The van der Waals surface area contributed by atoms with Crippen molar-refractivity contribution in [3.8, 4) is 11.5 Å². The first-order valence-corrected chi connectivity index (χ1v) is 6.66. The molecule has 4 heteroatoms. The van der Waals surface area contributed by atoms with Crippen LogP contribution in [0.3, 0.4) is 0 Å². The van der Waals surface area contributed by atoms with Crippen LogP contribution in [0.15, 0.2) is 41.0 Å². The van der Waals surface area contributed by atoms with Crippen LogP contribution in [0.4, 0.5) is 0 Å². The van der Waals surface area contributed by atoms with E-state index >= 15 is 0 Å². The van der Waals surface area contributed by atoms with E-state index in [0.717, 1.165) is 37.3 Å². The highest BCUT2D eigenvalue weighted by Gasteiger charge is 2.09. The van der Waals surface area contributed by atoms with Gasteiger partial charge in [-0.3, -0.25) is 4.90 Å². The number of hydrogen-bond acceptors (Lipinski definition) is 4. The van der Waals surface area contributed by atoms with Gasteiger partial charge in [0.25, 0.3) is 0 Å². The van der Waals surface area contributed by atoms with Crippen molar-refractivity contribution in [1.82, 2.24) is 9.88 Å². The van der Waals surface area contributed by atoms with E-state index in [-0.39, 0.29) is 6.61 Å². The van der Waals surface area contributed by atoms with Crippen molar-refractivity contribution in [3.63, 3.8) is 0 Å². The highest BCUT2D eigenvalue weighted by molar-refractivity contribution is 5.52. The van der Waals surface area contributed by atoms with E-state index in [2.05, 4.69) is 16.8 Å². The molecule has 0 radical (unpaired) electrons. The fourth-order valence-electron chi connectivity index (χ4n) is 1.97. The summed E-state index contributed by atoms with van der Waals surface area (Å²) in [5.74, 6) is 0.661. The van der Waals surface area contributed by atoms with Gasteiger partial charge in [-0.2, -0.15) is 0 Å². The van der Waals surface area contributed by atoms with E-state index in [1.807, 2.05) is 30.3 Å². The summed E-state index contributed by atoms with van der Waals surface area (Å²) in [6.07, 6.45) is 2.50. The molecule has 2 rings (SSSR count). The van der Waals surface area contributed by atoms with Gasteiger partial charge in [0.15, 0.2) is 0 Å². The Hall–Kier alpha value is -1.65. The molecule has 0 aliphatic heterocycles. The molecule has 0 bridgehead atoms. The molecule has 1 aromatic heterocycles. The van der Waals surface area contributed by atoms with Gasteiger partial charge in [-0.25, -0.2) is 4.98 Å². The van der Waals surface area contributed by atoms with Crippen LogP contribution in [0, 0.1) is 0 Å². The van der Waals surface area contributed by atoms with Gasteiger partial charge < -0.3 is 9.52 Å². The molecule has 1 heterocycles. The lowest BCUT2D eigenvalue weighted by Crippen LogP contribution is -2.24. The first-order valence-electron chi connectivity index (χ1n) is 6.66. The molecule has 0 unspecified atom stereocenters. The highest BCUT2D eigenvalue weighted by atomic mass is 16.3. The molecule has 2 aromatic rings. The van der Waals surface area contributed by atoms with Gasteiger partial charge in [-0.05, 0) is 25.1 Å². The van der Waals surface area contributed by atoms with Gasteiger partial charge in [0.1, 0.15) is 6.26 Å². The summed E-state index contributed by atoms with van der Waals surface area (Å²) in [5, 5.41) is 8.87. The fraction of sp³-hybridized carbons (Fsp3) is 0.400. The number of nitrogens with zero attached hydrogens (tertiary/aromatic N) is 2. The Morgan fingerprint density at radius 1 is 1.26 bits per heavy atom. The minimum Gasteiger partial charge on any atom is -0.444 e. The van der Waals surface area contributed by atoms with E-state index < -0.39 is 0 Å². The number of aliphatic hydroxyl groups excluding tert-OH is 1. The molecule has 19 heavy (non-hydrogen) atoms. The minimum atomic E-state index is 0.227. The molecule has 0 saturated carbocycles. The summed E-state index contributed by atoms with van der Waals surface area (Å²) in [4.78, 5) is 6.74. The van der Waals surface area contributed by atoms with Crippen LogP contribution in [0.1, 0.15) is 19.0 Å². The summed E-state index contributed by atoms with van der Waals surface area (Å²) in [6.45, 7) is 4.90. The van der Waals surface area contributed by atoms with Crippen molar-refractivity contribution in [2.24, 2.45) is 0 Å². The minimum absolute atomic E-state index is 0.227. The maximum Gasteiger partial charge on any atom is 0.226 e. The van der Waals surface area contributed by atoms with E-state index in [1.165, 1.54) is 0 Å². The zero-order valence-electron chi connectivity index (χ0n) is 11.2. The Labute approximate surface area is 113 Å². The topological polar surface area (TPSA) is 49.5 Å². The van der Waals surface area contributed by atoms with Crippen molar-refractivity contribution < 1.29 is 9.52 Å². The normalized spacial score (nSPS) is 11.1. The van der Waals surface area contributed by atoms with Crippen LogP contribution in [-0.2, 0) is 6.54 Å². The van der Waals surface area contributed by atoms with Crippen LogP contribution in [0.25, 0.3) is 11.5 Å². The third kappa shape index (κ3) is 3.91. The molecule has 0 atom stereocenters. The van der Waals surface area contributed by atoms with Gasteiger partial charge in [0.2, 0.25) is 5.89 Å². The summed E-state index contributed by atoms with van der Waals surface area (Å²) in [7, 11) is 0. The molecule has 1 aromatic carbocycles. The summed E-state index contributed by atoms with van der Waals surface area (Å²) in [6, 6.07) is 9.89. The molecule has 0 amide bonds. The molecule has 0 fully saturated rings. The molecular weight excluding hydrogens is 240 g/mol. The van der Waals surface area contributed by atoms with Gasteiger partial charge >= 0.3 is 0 Å². The van der Waals surface area contributed by atoms with Crippen LogP contribution in [0.2, 0.25) is 0 Å². The average molecular weight is 260 g/mol. The lowest BCUT2D eigenvalue weighted by atomic mass is 10.2. The Balaban J connectivity index is 2.01. The molecular formula is C15H20N2O2. The summed E-state index contributed by atoms with van der Waals surface area (Å²) in [5.41, 5.74) is 1.92. The van der Waals surface area contributed by atoms with Crippen LogP contribution in [0.5, 0.6) is 0 Å². The zero-order valence-corrected chi connectivity index (χ0v) is 11.2. The molecule has 0 aliphatic rings. The average Bonchev–Trinajstić information content (AvgIpc) is 2.93. The fourth-order valence-corrected chi connectivity index (χ4v) is 1.97. The van der Waals surface area contributed by atoms with E-state index in [9.17, 15) is 0 Å². The Morgan fingerprint density at radius 2 is 2.05 bits per heavy atom. The van der Waals surface area contributed by atoms with E-state index in [1.54, 1.807) is 6.26 Å². The largest absolute Gasteiger partial charge is 0.444 e. The van der Waals surface area contributed by atoms with E-state index in [0.29, 0.717) is 5.89 Å². The van der Waals surface area contributed by atoms with Gasteiger partial charge in [-0.1, -0.05) is 25.1 Å². The zero-order chi connectivity index (χ0) is 13.5. The second kappa shape index (κ2) is 7.07. The monoisotopic (exact) mass is 260 g/mol. The first kappa shape index (κ1) is 13.8. The van der Waals surface area contributed by atoms with Crippen molar-refractivity contribution in [1.29, 1.82) is 0 Å². The molecule has 1 N–H and O–H groups in total. The summed E-state index contributed by atoms with van der Waals surface area (Å²) >= 11 is 0. The first-order chi connectivity index (χ1) is 9.33. The number of aliphatic hydroxyl groups is 1. The Kier molecular flexibility index (Phi) is 5.12.